The smallest absolute Gasteiger partial charge is 0.356 e. The molecule has 5 rings (SSSR count). The number of hydrogen-bond acceptors (Lipinski definition) is 7. The molecule has 0 radical (unpaired) electrons. The van der Waals surface area contributed by atoms with Crippen molar-refractivity contribution >= 4 is 29.5 Å². The third-order valence-electron chi connectivity index (χ3n) is 6.72. The summed E-state index contributed by atoms with van der Waals surface area (Å²) in [4.78, 5) is 41.4. The molecule has 9 heteroatoms. The number of ether oxygens (including phenoxy) is 3. The van der Waals surface area contributed by atoms with Crippen LogP contribution < -0.4 is 10.1 Å². The van der Waals surface area contributed by atoms with Crippen LogP contribution in [0.25, 0.3) is 0 Å². The summed E-state index contributed by atoms with van der Waals surface area (Å²) >= 11 is 1.38. The first-order valence-corrected chi connectivity index (χ1v) is 14.4. The highest BCUT2D eigenvalue weighted by molar-refractivity contribution is 8.00. The summed E-state index contributed by atoms with van der Waals surface area (Å²) in [5.41, 5.74) is 1.85. The van der Waals surface area contributed by atoms with Crippen LogP contribution in [0.5, 0.6) is 5.75 Å². The molecule has 2 heterocycles. The second-order valence-corrected chi connectivity index (χ2v) is 11.2. The van der Waals surface area contributed by atoms with Gasteiger partial charge in [-0.1, -0.05) is 90.6 Å². The van der Waals surface area contributed by atoms with Gasteiger partial charge in [0.15, 0.2) is 12.7 Å². The molecule has 1 fully saturated rings. The van der Waals surface area contributed by atoms with Crippen molar-refractivity contribution in [3.63, 3.8) is 0 Å². The number of para-hydroxylation sites is 1. The summed E-state index contributed by atoms with van der Waals surface area (Å²) in [6.07, 6.45) is -0.805. The van der Waals surface area contributed by atoms with Crippen LogP contribution >= 0.6 is 11.8 Å². The summed E-state index contributed by atoms with van der Waals surface area (Å²) in [6, 6.07) is 27.1. The molecule has 0 aliphatic carbocycles. The first-order valence-electron chi connectivity index (χ1n) is 13.5. The van der Waals surface area contributed by atoms with Crippen molar-refractivity contribution in [2.45, 2.75) is 49.8 Å². The zero-order valence-electron chi connectivity index (χ0n) is 23.1. The minimum atomic E-state index is -0.833. The normalized spacial score (nSPS) is 20.0. The number of fused-ring (bicyclic) bond motifs is 1. The largest absolute Gasteiger partial charge is 0.484 e. The predicted molar refractivity (Wildman–Crippen MR) is 156 cm³/mol. The Morgan fingerprint density at radius 1 is 0.902 bits per heavy atom. The number of rotatable bonds is 10. The van der Waals surface area contributed by atoms with E-state index in [1.165, 1.54) is 16.7 Å². The van der Waals surface area contributed by atoms with Crippen LogP contribution in [0.3, 0.4) is 0 Å². The van der Waals surface area contributed by atoms with Crippen LogP contribution in [0.2, 0.25) is 0 Å². The highest BCUT2D eigenvalue weighted by atomic mass is 32.2. The van der Waals surface area contributed by atoms with Gasteiger partial charge in [0.05, 0.1) is 6.10 Å². The van der Waals surface area contributed by atoms with Crippen LogP contribution in [0.1, 0.15) is 38.0 Å². The van der Waals surface area contributed by atoms with Crippen LogP contribution in [-0.4, -0.2) is 52.2 Å². The van der Waals surface area contributed by atoms with Crippen molar-refractivity contribution in [1.82, 2.24) is 10.2 Å². The number of esters is 1. The number of nitrogens with one attached hydrogen (secondary N) is 1. The first-order chi connectivity index (χ1) is 19.8. The Hall–Kier alpha value is -4.08. The van der Waals surface area contributed by atoms with Crippen molar-refractivity contribution in [3.05, 3.63) is 113 Å². The molecule has 8 nitrogen and oxygen atoms in total. The van der Waals surface area contributed by atoms with Gasteiger partial charge in [0, 0.05) is 0 Å². The predicted octanol–water partition coefficient (Wildman–Crippen LogP) is 4.82. The molecular formula is C32H32N2O6S. The number of thioether (sulfide) groups is 1. The van der Waals surface area contributed by atoms with Crippen molar-refractivity contribution in [2.75, 3.05) is 6.61 Å². The number of hydrogen-bond donors (Lipinski definition) is 1. The summed E-state index contributed by atoms with van der Waals surface area (Å²) in [5.74, 6) is -0.900. The molecule has 3 aromatic carbocycles. The quantitative estimate of drug-likeness (QED) is 0.275. The molecule has 212 valence electrons. The van der Waals surface area contributed by atoms with E-state index in [2.05, 4.69) is 5.32 Å². The number of carbonyl (C=O) groups is 3. The Bertz CT molecular complexity index is 1370. The Labute approximate surface area is 243 Å². The third-order valence-corrected chi connectivity index (χ3v) is 8.20. The van der Waals surface area contributed by atoms with Gasteiger partial charge in [0.2, 0.25) is 0 Å². The van der Waals surface area contributed by atoms with Gasteiger partial charge < -0.3 is 19.5 Å². The maximum Gasteiger partial charge on any atom is 0.356 e. The molecular weight excluding hydrogens is 540 g/mol. The van der Waals surface area contributed by atoms with Gasteiger partial charge in [-0.3, -0.25) is 14.5 Å². The lowest BCUT2D eigenvalue weighted by molar-refractivity contribution is -0.155. The summed E-state index contributed by atoms with van der Waals surface area (Å²) in [5, 5.41) is 2.23. The molecule has 3 aromatic rings. The number of amides is 2. The Kier molecular flexibility index (Phi) is 8.75. The molecule has 0 unspecified atom stereocenters. The number of carbonyl (C=O) groups excluding carboxylic acids is 3. The Balaban J connectivity index is 1.37. The molecule has 41 heavy (non-hydrogen) atoms. The Morgan fingerprint density at radius 2 is 1.46 bits per heavy atom. The molecule has 1 N–H and O–H groups in total. The van der Waals surface area contributed by atoms with Gasteiger partial charge in [-0.25, -0.2) is 4.79 Å². The van der Waals surface area contributed by atoms with E-state index in [-0.39, 0.29) is 24.3 Å². The maximum absolute atomic E-state index is 13.9. The summed E-state index contributed by atoms with van der Waals surface area (Å²) < 4.78 is 17.8. The fraction of sp³-hybridized carbons (Fsp3) is 0.281. The maximum atomic E-state index is 13.9. The lowest BCUT2D eigenvalue weighted by Crippen LogP contribution is -2.71. The molecule has 0 saturated carbocycles. The van der Waals surface area contributed by atoms with Crippen LogP contribution in [0.15, 0.2) is 102 Å². The second kappa shape index (κ2) is 12.6. The third kappa shape index (κ3) is 6.31. The number of β-lactam (4-membered cyclic amide) rings is 1. The zero-order chi connectivity index (χ0) is 28.9. The van der Waals surface area contributed by atoms with E-state index in [0.717, 1.165) is 11.1 Å². The van der Waals surface area contributed by atoms with Gasteiger partial charge in [-0.2, -0.15) is 0 Å². The zero-order valence-corrected chi connectivity index (χ0v) is 23.9. The highest BCUT2D eigenvalue weighted by Crippen LogP contribution is 2.45. The topological polar surface area (TPSA) is 94.2 Å². The van der Waals surface area contributed by atoms with Crippen molar-refractivity contribution in [1.29, 1.82) is 0 Å². The van der Waals surface area contributed by atoms with Crippen molar-refractivity contribution in [3.8, 4) is 5.75 Å². The van der Waals surface area contributed by atoms with E-state index in [0.29, 0.717) is 11.3 Å². The first kappa shape index (κ1) is 28.4. The fourth-order valence-electron chi connectivity index (χ4n) is 4.77. The SMILES string of the molecule is CC1=C(C(=O)OC(c2ccccc2)c2ccccc2)N2C(=O)[C@H](NC(=O)COc3ccccc3)[C@H]2S[C@@H]1OC(C)C. The second-order valence-electron chi connectivity index (χ2n) is 10.0. The van der Waals surface area contributed by atoms with Gasteiger partial charge in [-0.15, -0.1) is 0 Å². The van der Waals surface area contributed by atoms with Gasteiger partial charge in [0.1, 0.15) is 28.3 Å². The van der Waals surface area contributed by atoms with Gasteiger partial charge in [-0.05, 0) is 49.6 Å². The number of nitrogens with zero attached hydrogens (tertiary/aromatic N) is 1. The molecule has 0 spiro atoms. The Morgan fingerprint density at radius 3 is 2.02 bits per heavy atom. The average Bonchev–Trinajstić information content (AvgIpc) is 2.99. The molecule has 2 amide bonds. The van der Waals surface area contributed by atoms with Gasteiger partial charge in [0.25, 0.3) is 11.8 Å². The molecule has 2 aliphatic rings. The van der Waals surface area contributed by atoms with Crippen LogP contribution in [-0.2, 0) is 23.9 Å². The molecule has 0 bridgehead atoms. The van der Waals surface area contributed by atoms with E-state index in [1.807, 2.05) is 92.7 Å². The summed E-state index contributed by atoms with van der Waals surface area (Å²) in [6.45, 7) is 5.35. The van der Waals surface area contributed by atoms with E-state index in [4.69, 9.17) is 14.2 Å². The van der Waals surface area contributed by atoms with Gasteiger partial charge >= 0.3 is 5.97 Å². The van der Waals surface area contributed by atoms with Crippen LogP contribution in [0, 0.1) is 0 Å². The molecule has 3 atom stereocenters. The average molecular weight is 573 g/mol. The fourth-order valence-corrected chi connectivity index (χ4v) is 6.30. The minimum absolute atomic E-state index is 0.129. The highest BCUT2D eigenvalue weighted by Gasteiger charge is 2.56. The van der Waals surface area contributed by atoms with Crippen LogP contribution in [0.4, 0.5) is 0 Å². The molecule has 1 saturated heterocycles. The van der Waals surface area contributed by atoms with E-state index < -0.39 is 34.8 Å². The van der Waals surface area contributed by atoms with Crippen molar-refractivity contribution in [2.24, 2.45) is 0 Å². The lowest BCUT2D eigenvalue weighted by atomic mass is 10.0. The van der Waals surface area contributed by atoms with Crippen molar-refractivity contribution < 1.29 is 28.6 Å². The summed E-state index contributed by atoms with van der Waals surface area (Å²) in [7, 11) is 0. The van der Waals surface area contributed by atoms with E-state index in [9.17, 15) is 14.4 Å². The molecule has 2 aliphatic heterocycles. The number of benzene rings is 3. The van der Waals surface area contributed by atoms with E-state index in [1.54, 1.807) is 19.1 Å². The monoisotopic (exact) mass is 572 g/mol. The minimum Gasteiger partial charge on any atom is -0.484 e. The van der Waals surface area contributed by atoms with E-state index >= 15 is 0 Å². The molecule has 0 aromatic heterocycles. The lowest BCUT2D eigenvalue weighted by Gasteiger charge is -2.51. The standard InChI is InChI=1S/C32H32N2O6S/c1-20(2)39-32-21(3)27(31(37)40-28(22-13-7-4-8-14-22)23-15-9-5-10-16-23)34-29(36)26(30(34)41-32)33-25(35)19-38-24-17-11-6-12-18-24/h4-18,20,26,28,30,32H,19H2,1-3H3,(H,33,35)/t26-,30+,32-/m0/s1.